The molecule has 0 fully saturated rings. The summed E-state index contributed by atoms with van der Waals surface area (Å²) < 4.78 is 0. The molecule has 7 heteroatoms. The van der Waals surface area contributed by atoms with Gasteiger partial charge in [0.05, 0.1) is 6.20 Å². The number of rotatable bonds is 8. The van der Waals surface area contributed by atoms with Gasteiger partial charge in [-0.15, -0.1) is 0 Å². The van der Waals surface area contributed by atoms with Gasteiger partial charge < -0.3 is 10.4 Å². The Morgan fingerprint density at radius 2 is 2.28 bits per heavy atom. The van der Waals surface area contributed by atoms with Crippen molar-refractivity contribution in [2.24, 2.45) is 11.8 Å². The Hall–Kier alpha value is -1.11. The molecule has 1 heterocycles. The molecular weight excluding hydrogens is 254 g/mol. The maximum absolute atomic E-state index is 8.99. The fourth-order valence-corrected chi connectivity index (χ4v) is 1.90. The van der Waals surface area contributed by atoms with Crippen molar-refractivity contribution < 1.29 is 5.11 Å². The zero-order chi connectivity index (χ0) is 13.4. The maximum atomic E-state index is 8.99. The second-order valence-corrected chi connectivity index (χ2v) is 4.49. The molecule has 1 aromatic heterocycles. The van der Waals surface area contributed by atoms with Gasteiger partial charge in [0, 0.05) is 13.2 Å². The summed E-state index contributed by atoms with van der Waals surface area (Å²) >= 11 is 5.99. The van der Waals surface area contributed by atoms with Gasteiger partial charge in [-0.25, -0.2) is 10.8 Å². The number of aromatic nitrogens is 2. The molecule has 5 N–H and O–H groups in total. The number of aliphatic hydroxyl groups excluding tert-OH is 1. The van der Waals surface area contributed by atoms with Crippen molar-refractivity contribution in [3.8, 4) is 0 Å². The Morgan fingerprint density at radius 3 is 2.89 bits per heavy atom. The lowest BCUT2D eigenvalue weighted by Crippen LogP contribution is -2.18. The van der Waals surface area contributed by atoms with Crippen LogP contribution >= 0.6 is 11.6 Å². The molecule has 1 rings (SSSR count). The quantitative estimate of drug-likeness (QED) is 0.425. The third kappa shape index (κ3) is 4.64. The molecule has 1 aromatic rings. The molecule has 102 valence electrons. The van der Waals surface area contributed by atoms with E-state index in [2.05, 4.69) is 27.6 Å². The van der Waals surface area contributed by atoms with Crippen molar-refractivity contribution in [2.75, 3.05) is 23.9 Å². The summed E-state index contributed by atoms with van der Waals surface area (Å²) in [5.74, 6) is 6.51. The second kappa shape index (κ2) is 8.07. The van der Waals surface area contributed by atoms with Crippen molar-refractivity contribution in [2.45, 2.75) is 26.2 Å². The van der Waals surface area contributed by atoms with Gasteiger partial charge in [0.25, 0.3) is 0 Å². The predicted molar refractivity (Wildman–Crippen MR) is 73.4 cm³/mol. The standard InChI is InChI=1S/C11H20ClN5O/c1-2-3-8(4-5-18)6-14-10-9(12)7-15-11(16-10)17-13/h7-8,18H,2-6,13H2,1H3,(H2,14,15,16,17). The maximum Gasteiger partial charge on any atom is 0.239 e. The van der Waals surface area contributed by atoms with Gasteiger partial charge in [-0.3, -0.25) is 5.43 Å². The Bertz CT molecular complexity index is 357. The van der Waals surface area contributed by atoms with Crippen LogP contribution in [0.4, 0.5) is 11.8 Å². The number of anilines is 2. The summed E-state index contributed by atoms with van der Waals surface area (Å²) in [4.78, 5) is 8.03. The molecule has 0 aromatic carbocycles. The first-order chi connectivity index (χ1) is 8.71. The van der Waals surface area contributed by atoms with Crippen LogP contribution in [0.15, 0.2) is 6.20 Å². The number of nitrogens with zero attached hydrogens (tertiary/aromatic N) is 2. The van der Waals surface area contributed by atoms with Crippen molar-refractivity contribution in [3.05, 3.63) is 11.2 Å². The third-order valence-corrected chi connectivity index (χ3v) is 2.94. The van der Waals surface area contributed by atoms with E-state index >= 15 is 0 Å². The Balaban J connectivity index is 2.60. The van der Waals surface area contributed by atoms with E-state index in [0.717, 1.165) is 25.8 Å². The van der Waals surface area contributed by atoms with E-state index in [1.165, 1.54) is 6.20 Å². The minimum Gasteiger partial charge on any atom is -0.396 e. The minimum atomic E-state index is 0.194. The lowest BCUT2D eigenvalue weighted by Gasteiger charge is -2.16. The van der Waals surface area contributed by atoms with Crippen LogP contribution in [0, 0.1) is 5.92 Å². The van der Waals surface area contributed by atoms with E-state index < -0.39 is 0 Å². The molecule has 0 saturated heterocycles. The fourth-order valence-electron chi connectivity index (χ4n) is 1.74. The third-order valence-electron chi connectivity index (χ3n) is 2.67. The summed E-state index contributed by atoms with van der Waals surface area (Å²) in [7, 11) is 0. The first-order valence-electron chi connectivity index (χ1n) is 6.05. The highest BCUT2D eigenvalue weighted by atomic mass is 35.5. The molecule has 18 heavy (non-hydrogen) atoms. The number of halogens is 1. The van der Waals surface area contributed by atoms with E-state index in [0.29, 0.717) is 22.7 Å². The van der Waals surface area contributed by atoms with Crippen molar-refractivity contribution in [1.29, 1.82) is 0 Å². The molecule has 1 unspecified atom stereocenters. The van der Waals surface area contributed by atoms with Crippen LogP contribution in [0.2, 0.25) is 5.02 Å². The highest BCUT2D eigenvalue weighted by Gasteiger charge is 2.10. The van der Waals surface area contributed by atoms with Crippen molar-refractivity contribution >= 4 is 23.4 Å². The zero-order valence-electron chi connectivity index (χ0n) is 10.5. The molecule has 0 spiro atoms. The highest BCUT2D eigenvalue weighted by Crippen LogP contribution is 2.20. The van der Waals surface area contributed by atoms with Gasteiger partial charge in [-0.05, 0) is 18.8 Å². The molecule has 0 amide bonds. The smallest absolute Gasteiger partial charge is 0.239 e. The molecule has 6 nitrogen and oxygen atoms in total. The largest absolute Gasteiger partial charge is 0.396 e. The summed E-state index contributed by atoms with van der Waals surface area (Å²) in [6, 6.07) is 0. The molecule has 1 atom stereocenters. The summed E-state index contributed by atoms with van der Waals surface area (Å²) in [6.07, 6.45) is 4.40. The molecular formula is C11H20ClN5O. The van der Waals surface area contributed by atoms with E-state index in [9.17, 15) is 0 Å². The van der Waals surface area contributed by atoms with E-state index in [1.54, 1.807) is 0 Å². The average Bonchev–Trinajstić information content (AvgIpc) is 2.38. The number of nitrogen functional groups attached to an aromatic ring is 1. The molecule has 0 aliphatic rings. The SMILES string of the molecule is CCCC(CCO)CNc1nc(NN)ncc1Cl. The first-order valence-corrected chi connectivity index (χ1v) is 6.42. The Labute approximate surface area is 112 Å². The monoisotopic (exact) mass is 273 g/mol. The number of nitrogens with two attached hydrogens (primary N) is 1. The van der Waals surface area contributed by atoms with Gasteiger partial charge in [-0.1, -0.05) is 24.9 Å². The number of hydrogen-bond donors (Lipinski definition) is 4. The van der Waals surface area contributed by atoms with Crippen molar-refractivity contribution in [1.82, 2.24) is 9.97 Å². The van der Waals surface area contributed by atoms with Gasteiger partial charge in [0.2, 0.25) is 5.95 Å². The topological polar surface area (TPSA) is 96.1 Å². The first kappa shape index (κ1) is 14.9. The number of hydrogen-bond acceptors (Lipinski definition) is 6. The van der Waals surface area contributed by atoms with Crippen LogP contribution in [-0.2, 0) is 0 Å². The molecule has 0 bridgehead atoms. The van der Waals surface area contributed by atoms with Gasteiger partial charge >= 0.3 is 0 Å². The lowest BCUT2D eigenvalue weighted by atomic mass is 10.0. The van der Waals surface area contributed by atoms with Crippen LogP contribution < -0.4 is 16.6 Å². The Kier molecular flexibility index (Phi) is 6.70. The number of nitrogens with one attached hydrogen (secondary N) is 2. The van der Waals surface area contributed by atoms with Crippen LogP contribution in [0.3, 0.4) is 0 Å². The lowest BCUT2D eigenvalue weighted by molar-refractivity contribution is 0.255. The highest BCUT2D eigenvalue weighted by molar-refractivity contribution is 6.32. The number of hydrazine groups is 1. The summed E-state index contributed by atoms with van der Waals surface area (Å²) in [5, 5.41) is 12.6. The molecule has 0 aliphatic heterocycles. The predicted octanol–water partition coefficient (Wildman–Crippen LogP) is 1.63. The van der Waals surface area contributed by atoms with E-state index in [4.69, 9.17) is 22.6 Å². The van der Waals surface area contributed by atoms with E-state index in [1.807, 2.05) is 0 Å². The average molecular weight is 274 g/mol. The summed E-state index contributed by atoms with van der Waals surface area (Å²) in [5.41, 5.74) is 2.37. The normalized spacial score (nSPS) is 12.2. The second-order valence-electron chi connectivity index (χ2n) is 4.08. The summed E-state index contributed by atoms with van der Waals surface area (Å²) in [6.45, 7) is 3.03. The van der Waals surface area contributed by atoms with Crippen LogP contribution in [0.1, 0.15) is 26.2 Å². The van der Waals surface area contributed by atoms with Crippen LogP contribution in [0.5, 0.6) is 0 Å². The minimum absolute atomic E-state index is 0.194. The van der Waals surface area contributed by atoms with Gasteiger partial charge in [0.15, 0.2) is 5.82 Å². The van der Waals surface area contributed by atoms with Crippen molar-refractivity contribution in [3.63, 3.8) is 0 Å². The van der Waals surface area contributed by atoms with Crippen LogP contribution in [-0.4, -0.2) is 28.2 Å². The Morgan fingerprint density at radius 1 is 1.50 bits per heavy atom. The molecule has 0 aliphatic carbocycles. The van der Waals surface area contributed by atoms with Crippen LogP contribution in [0.25, 0.3) is 0 Å². The number of aliphatic hydroxyl groups is 1. The zero-order valence-corrected chi connectivity index (χ0v) is 11.2. The fraction of sp³-hybridized carbons (Fsp3) is 0.636. The molecule has 0 radical (unpaired) electrons. The van der Waals surface area contributed by atoms with Gasteiger partial charge in [0.1, 0.15) is 5.02 Å². The van der Waals surface area contributed by atoms with Gasteiger partial charge in [-0.2, -0.15) is 4.98 Å². The molecule has 0 saturated carbocycles. The van der Waals surface area contributed by atoms with E-state index in [-0.39, 0.29) is 6.61 Å².